The number of aliphatic carboxylic acids is 1. The van der Waals surface area contributed by atoms with Gasteiger partial charge in [0.1, 0.15) is 0 Å². The van der Waals surface area contributed by atoms with Crippen LogP contribution in [0, 0.1) is 6.92 Å². The van der Waals surface area contributed by atoms with Crippen molar-refractivity contribution in [3.63, 3.8) is 0 Å². The predicted octanol–water partition coefficient (Wildman–Crippen LogP) is 3.65. The fourth-order valence-corrected chi connectivity index (χ4v) is 2.95. The molecule has 112 valence electrons. The van der Waals surface area contributed by atoms with E-state index >= 15 is 0 Å². The number of hydrogen-bond donors (Lipinski definition) is 1. The van der Waals surface area contributed by atoms with E-state index < -0.39 is 5.97 Å². The minimum atomic E-state index is -0.837. The van der Waals surface area contributed by atoms with Crippen molar-refractivity contribution in [2.45, 2.75) is 38.3 Å². The average Bonchev–Trinajstić information content (AvgIpc) is 2.76. The summed E-state index contributed by atoms with van der Waals surface area (Å²) in [6.07, 6.45) is 1.95. The number of aromatic nitrogens is 2. The molecule has 1 aromatic carbocycles. The van der Waals surface area contributed by atoms with Crippen LogP contribution in [0.2, 0.25) is 0 Å². The van der Waals surface area contributed by atoms with E-state index in [1.54, 1.807) is 0 Å². The van der Waals surface area contributed by atoms with E-state index in [2.05, 4.69) is 31.8 Å². The van der Waals surface area contributed by atoms with Gasteiger partial charge in [0.2, 0.25) is 0 Å². The van der Waals surface area contributed by atoms with Gasteiger partial charge in [-0.2, -0.15) is 0 Å². The van der Waals surface area contributed by atoms with Crippen LogP contribution in [0.3, 0.4) is 0 Å². The minimum Gasteiger partial charge on any atom is -0.481 e. The van der Waals surface area contributed by atoms with Gasteiger partial charge in [0.05, 0.1) is 17.1 Å². The zero-order valence-electron chi connectivity index (χ0n) is 12.8. The van der Waals surface area contributed by atoms with Crippen molar-refractivity contribution in [1.29, 1.82) is 0 Å². The van der Waals surface area contributed by atoms with Crippen molar-refractivity contribution in [2.24, 2.45) is 0 Å². The standard InChI is InChI=1S/C16H20N2O2S/c1-11-9-18(15(17-11)21-10-14(19)20)13-8-6-5-7-12(13)16(2,3)4/h5-9H,10H2,1-4H3,(H,19,20). The van der Waals surface area contributed by atoms with Crippen molar-refractivity contribution in [2.75, 3.05) is 5.75 Å². The summed E-state index contributed by atoms with van der Waals surface area (Å²) in [5.41, 5.74) is 3.15. The van der Waals surface area contributed by atoms with Crippen molar-refractivity contribution >= 4 is 17.7 Å². The second kappa shape index (κ2) is 5.93. The van der Waals surface area contributed by atoms with E-state index in [-0.39, 0.29) is 11.2 Å². The summed E-state index contributed by atoms with van der Waals surface area (Å²) >= 11 is 1.24. The Labute approximate surface area is 129 Å². The fraction of sp³-hybridized carbons (Fsp3) is 0.375. The van der Waals surface area contributed by atoms with Crippen molar-refractivity contribution in [1.82, 2.24) is 9.55 Å². The van der Waals surface area contributed by atoms with E-state index in [0.717, 1.165) is 11.4 Å². The first kappa shape index (κ1) is 15.6. The van der Waals surface area contributed by atoms with Crippen molar-refractivity contribution < 1.29 is 9.90 Å². The number of carbonyl (C=O) groups is 1. The van der Waals surface area contributed by atoms with Crippen LogP contribution >= 0.6 is 11.8 Å². The summed E-state index contributed by atoms with van der Waals surface area (Å²) in [7, 11) is 0. The summed E-state index contributed by atoms with van der Waals surface area (Å²) in [6, 6.07) is 8.17. The van der Waals surface area contributed by atoms with Crippen LogP contribution in [0.25, 0.3) is 5.69 Å². The topological polar surface area (TPSA) is 55.1 Å². The number of aryl methyl sites for hydroxylation is 1. The highest BCUT2D eigenvalue weighted by Gasteiger charge is 2.20. The summed E-state index contributed by atoms with van der Waals surface area (Å²) in [4.78, 5) is 15.2. The number of nitrogens with zero attached hydrogens (tertiary/aromatic N) is 2. The van der Waals surface area contributed by atoms with Gasteiger partial charge in [-0.15, -0.1) is 0 Å². The van der Waals surface area contributed by atoms with Gasteiger partial charge in [-0.05, 0) is 24.0 Å². The number of carboxylic acids is 1. The molecule has 0 saturated carbocycles. The first-order valence-corrected chi connectivity index (χ1v) is 7.78. The zero-order valence-corrected chi connectivity index (χ0v) is 13.6. The molecular weight excluding hydrogens is 284 g/mol. The number of imidazole rings is 1. The van der Waals surface area contributed by atoms with Crippen LogP contribution in [-0.4, -0.2) is 26.4 Å². The molecule has 0 aliphatic carbocycles. The van der Waals surface area contributed by atoms with Gasteiger partial charge in [0.25, 0.3) is 0 Å². The van der Waals surface area contributed by atoms with E-state index in [0.29, 0.717) is 5.16 Å². The van der Waals surface area contributed by atoms with Crippen molar-refractivity contribution in [3.8, 4) is 5.69 Å². The van der Waals surface area contributed by atoms with Gasteiger partial charge < -0.3 is 5.11 Å². The zero-order chi connectivity index (χ0) is 15.6. The molecular formula is C16H20N2O2S. The molecule has 1 aromatic heterocycles. The number of thioether (sulfide) groups is 1. The van der Waals surface area contributed by atoms with E-state index in [9.17, 15) is 4.79 Å². The molecule has 0 radical (unpaired) electrons. The number of hydrogen-bond acceptors (Lipinski definition) is 3. The summed E-state index contributed by atoms with van der Waals surface area (Å²) in [6.45, 7) is 8.42. The average molecular weight is 304 g/mol. The van der Waals surface area contributed by atoms with E-state index in [4.69, 9.17) is 5.11 Å². The maximum atomic E-state index is 10.8. The highest BCUT2D eigenvalue weighted by molar-refractivity contribution is 7.99. The molecule has 2 aromatic rings. The third-order valence-electron chi connectivity index (χ3n) is 3.09. The lowest BCUT2D eigenvalue weighted by Crippen LogP contribution is -2.15. The van der Waals surface area contributed by atoms with Crippen LogP contribution < -0.4 is 0 Å². The summed E-state index contributed by atoms with van der Waals surface area (Å²) in [5, 5.41) is 9.58. The van der Waals surface area contributed by atoms with Gasteiger partial charge in [-0.1, -0.05) is 50.7 Å². The molecule has 0 bridgehead atoms. The largest absolute Gasteiger partial charge is 0.481 e. The number of carboxylic acid groups (broad SMARTS) is 1. The Morgan fingerprint density at radius 2 is 2.00 bits per heavy atom. The molecule has 1 heterocycles. The van der Waals surface area contributed by atoms with Gasteiger partial charge in [0.15, 0.2) is 5.16 Å². The first-order valence-electron chi connectivity index (χ1n) is 6.79. The van der Waals surface area contributed by atoms with E-state index in [1.165, 1.54) is 17.3 Å². The van der Waals surface area contributed by atoms with Crippen LogP contribution in [-0.2, 0) is 10.2 Å². The quantitative estimate of drug-likeness (QED) is 0.876. The molecule has 0 spiro atoms. The molecule has 0 amide bonds. The Balaban J connectivity index is 2.50. The lowest BCUT2D eigenvalue weighted by Gasteiger charge is -2.23. The Bertz CT molecular complexity index is 657. The minimum absolute atomic E-state index is 0.00347. The first-order chi connectivity index (χ1) is 9.79. The van der Waals surface area contributed by atoms with Gasteiger partial charge in [-0.25, -0.2) is 4.98 Å². The lowest BCUT2D eigenvalue weighted by molar-refractivity contribution is -0.133. The fourth-order valence-electron chi connectivity index (χ4n) is 2.19. The maximum absolute atomic E-state index is 10.8. The summed E-state index contributed by atoms with van der Waals surface area (Å²) < 4.78 is 1.99. The third kappa shape index (κ3) is 3.67. The monoisotopic (exact) mass is 304 g/mol. The smallest absolute Gasteiger partial charge is 0.313 e. The maximum Gasteiger partial charge on any atom is 0.313 e. The molecule has 1 N–H and O–H groups in total. The Kier molecular flexibility index (Phi) is 4.42. The normalized spacial score (nSPS) is 11.6. The number of benzene rings is 1. The molecule has 0 aliphatic rings. The van der Waals surface area contributed by atoms with Crippen LogP contribution in [0.15, 0.2) is 35.6 Å². The lowest BCUT2D eigenvalue weighted by atomic mass is 9.86. The molecule has 0 atom stereocenters. The molecule has 0 aliphatic heterocycles. The second-order valence-electron chi connectivity index (χ2n) is 5.98. The number of rotatable bonds is 4. The molecule has 5 heteroatoms. The molecule has 0 fully saturated rings. The van der Waals surface area contributed by atoms with Crippen LogP contribution in [0.5, 0.6) is 0 Å². The molecule has 2 rings (SSSR count). The highest BCUT2D eigenvalue weighted by atomic mass is 32.2. The molecule has 4 nitrogen and oxygen atoms in total. The molecule has 0 saturated heterocycles. The van der Waals surface area contributed by atoms with Crippen LogP contribution in [0.1, 0.15) is 32.0 Å². The van der Waals surface area contributed by atoms with Crippen molar-refractivity contribution in [3.05, 3.63) is 41.7 Å². The second-order valence-corrected chi connectivity index (χ2v) is 6.93. The molecule has 21 heavy (non-hydrogen) atoms. The molecule has 0 unspecified atom stereocenters. The SMILES string of the molecule is Cc1cn(-c2ccccc2C(C)(C)C)c(SCC(=O)O)n1. The summed E-state index contributed by atoms with van der Waals surface area (Å²) in [5.74, 6) is -0.829. The highest BCUT2D eigenvalue weighted by Crippen LogP contribution is 2.31. The van der Waals surface area contributed by atoms with Crippen LogP contribution in [0.4, 0.5) is 0 Å². The Morgan fingerprint density at radius 1 is 1.33 bits per heavy atom. The van der Waals surface area contributed by atoms with E-state index in [1.807, 2.05) is 35.9 Å². The number of para-hydroxylation sites is 1. The Hall–Kier alpha value is -1.75. The predicted molar refractivity (Wildman–Crippen MR) is 85.4 cm³/mol. The van der Waals surface area contributed by atoms with Gasteiger partial charge in [0, 0.05) is 6.20 Å². The van der Waals surface area contributed by atoms with Gasteiger partial charge in [-0.3, -0.25) is 9.36 Å². The third-order valence-corrected chi connectivity index (χ3v) is 4.03. The van der Waals surface area contributed by atoms with Gasteiger partial charge >= 0.3 is 5.97 Å². The Morgan fingerprint density at radius 3 is 2.62 bits per heavy atom.